The first-order chi connectivity index (χ1) is 6.29. The van der Waals surface area contributed by atoms with E-state index in [2.05, 4.69) is 10.3 Å². The molecule has 1 heterocycles. The second-order valence-electron chi connectivity index (χ2n) is 2.85. The zero-order chi connectivity index (χ0) is 9.68. The van der Waals surface area contributed by atoms with E-state index in [4.69, 9.17) is 4.74 Å². The largest absolute Gasteiger partial charge is 0.384 e. The number of methoxy groups -OCH3 is 1. The molecular weight excluding hydrogens is 170 g/mol. The van der Waals surface area contributed by atoms with Crippen molar-refractivity contribution in [2.45, 2.75) is 26.0 Å². The molecule has 74 valence electrons. The summed E-state index contributed by atoms with van der Waals surface area (Å²) in [5.41, 5.74) is 0.712. The quantitative estimate of drug-likeness (QED) is 0.720. The highest BCUT2D eigenvalue weighted by atomic mass is 16.5. The molecule has 13 heavy (non-hydrogen) atoms. The van der Waals surface area contributed by atoms with Crippen LogP contribution in [0.4, 0.5) is 0 Å². The molecule has 1 aromatic rings. The summed E-state index contributed by atoms with van der Waals surface area (Å²) < 4.78 is 6.54. The van der Waals surface area contributed by atoms with Gasteiger partial charge in [-0.15, -0.1) is 5.10 Å². The van der Waals surface area contributed by atoms with Crippen LogP contribution in [0.25, 0.3) is 0 Å². The summed E-state index contributed by atoms with van der Waals surface area (Å²) in [4.78, 5) is 0. The maximum atomic E-state index is 9.59. The van der Waals surface area contributed by atoms with Crippen molar-refractivity contribution in [2.75, 3.05) is 13.7 Å². The van der Waals surface area contributed by atoms with Gasteiger partial charge in [-0.2, -0.15) is 0 Å². The van der Waals surface area contributed by atoms with Crippen molar-refractivity contribution >= 4 is 0 Å². The number of rotatable bonds is 5. The number of ether oxygens (including phenoxy) is 1. The maximum absolute atomic E-state index is 9.59. The van der Waals surface area contributed by atoms with Crippen molar-refractivity contribution in [1.82, 2.24) is 15.0 Å². The second kappa shape index (κ2) is 4.94. The van der Waals surface area contributed by atoms with Crippen molar-refractivity contribution in [3.8, 4) is 0 Å². The lowest BCUT2D eigenvalue weighted by atomic mass is 10.3. The Morgan fingerprint density at radius 3 is 3.08 bits per heavy atom. The molecule has 5 nitrogen and oxygen atoms in total. The highest BCUT2D eigenvalue weighted by Crippen LogP contribution is 2.10. The standard InChI is InChI=1S/C8H15N3O2/c1-3-4-11-7(5-9-10-11)8(12)6-13-2/h5,8,12H,3-4,6H2,1-2H3/t8-/m0/s1. The van der Waals surface area contributed by atoms with Crippen molar-refractivity contribution in [2.24, 2.45) is 0 Å². The van der Waals surface area contributed by atoms with Crippen LogP contribution < -0.4 is 0 Å². The molecule has 1 atom stereocenters. The van der Waals surface area contributed by atoms with E-state index in [0.29, 0.717) is 5.69 Å². The Balaban J connectivity index is 2.68. The van der Waals surface area contributed by atoms with Crippen LogP contribution in [-0.4, -0.2) is 33.8 Å². The first kappa shape index (κ1) is 10.1. The zero-order valence-electron chi connectivity index (χ0n) is 7.97. The zero-order valence-corrected chi connectivity index (χ0v) is 7.97. The number of aryl methyl sites for hydroxylation is 1. The average molecular weight is 185 g/mol. The number of hydrogen-bond acceptors (Lipinski definition) is 4. The van der Waals surface area contributed by atoms with Crippen LogP contribution in [0.1, 0.15) is 25.1 Å². The molecule has 1 N–H and O–H groups in total. The minimum Gasteiger partial charge on any atom is -0.384 e. The van der Waals surface area contributed by atoms with Crippen molar-refractivity contribution in [3.05, 3.63) is 11.9 Å². The van der Waals surface area contributed by atoms with Gasteiger partial charge in [0.15, 0.2) is 0 Å². The molecule has 0 saturated heterocycles. The van der Waals surface area contributed by atoms with E-state index in [9.17, 15) is 5.11 Å². The lowest BCUT2D eigenvalue weighted by Gasteiger charge is -2.10. The third-order valence-electron chi connectivity index (χ3n) is 1.75. The van der Waals surface area contributed by atoms with Crippen LogP contribution in [0.3, 0.4) is 0 Å². The van der Waals surface area contributed by atoms with Crippen molar-refractivity contribution in [1.29, 1.82) is 0 Å². The van der Waals surface area contributed by atoms with Crippen LogP contribution in [-0.2, 0) is 11.3 Å². The maximum Gasteiger partial charge on any atom is 0.120 e. The predicted molar refractivity (Wildman–Crippen MR) is 47.1 cm³/mol. The smallest absolute Gasteiger partial charge is 0.120 e. The van der Waals surface area contributed by atoms with Gasteiger partial charge in [0, 0.05) is 13.7 Å². The van der Waals surface area contributed by atoms with E-state index in [1.807, 2.05) is 6.92 Å². The van der Waals surface area contributed by atoms with Crippen LogP contribution in [0.15, 0.2) is 6.20 Å². The summed E-state index contributed by atoms with van der Waals surface area (Å²) >= 11 is 0. The van der Waals surface area contributed by atoms with E-state index in [-0.39, 0.29) is 6.61 Å². The summed E-state index contributed by atoms with van der Waals surface area (Å²) in [6, 6.07) is 0. The van der Waals surface area contributed by atoms with Crippen LogP contribution in [0, 0.1) is 0 Å². The van der Waals surface area contributed by atoms with Gasteiger partial charge in [0.25, 0.3) is 0 Å². The monoisotopic (exact) mass is 185 g/mol. The molecule has 1 rings (SSSR count). The predicted octanol–water partition coefficient (Wildman–Crippen LogP) is 0.368. The molecule has 0 radical (unpaired) electrons. The summed E-state index contributed by atoms with van der Waals surface area (Å²) in [5.74, 6) is 0. The lowest BCUT2D eigenvalue weighted by molar-refractivity contribution is 0.0585. The molecule has 0 bridgehead atoms. The number of aliphatic hydroxyl groups excluding tert-OH is 1. The Bertz CT molecular complexity index is 249. The lowest BCUT2D eigenvalue weighted by Crippen LogP contribution is -2.12. The molecule has 0 spiro atoms. The van der Waals surface area contributed by atoms with Gasteiger partial charge in [0.2, 0.25) is 0 Å². The van der Waals surface area contributed by atoms with E-state index < -0.39 is 6.10 Å². The fourth-order valence-electron chi connectivity index (χ4n) is 1.15. The molecule has 0 amide bonds. The molecule has 0 aliphatic heterocycles. The van der Waals surface area contributed by atoms with E-state index >= 15 is 0 Å². The Hall–Kier alpha value is -0.940. The van der Waals surface area contributed by atoms with Gasteiger partial charge in [-0.1, -0.05) is 12.1 Å². The van der Waals surface area contributed by atoms with Gasteiger partial charge in [-0.05, 0) is 6.42 Å². The van der Waals surface area contributed by atoms with Gasteiger partial charge in [-0.3, -0.25) is 0 Å². The molecule has 0 aliphatic rings. The normalized spacial score (nSPS) is 13.2. The Morgan fingerprint density at radius 2 is 2.46 bits per heavy atom. The highest BCUT2D eigenvalue weighted by Gasteiger charge is 2.12. The number of aliphatic hydroxyl groups is 1. The van der Waals surface area contributed by atoms with E-state index in [1.54, 1.807) is 18.0 Å². The van der Waals surface area contributed by atoms with Crippen LogP contribution in [0.2, 0.25) is 0 Å². The van der Waals surface area contributed by atoms with Crippen LogP contribution in [0.5, 0.6) is 0 Å². The summed E-state index contributed by atoms with van der Waals surface area (Å²) in [6.45, 7) is 3.10. The number of nitrogens with zero attached hydrogens (tertiary/aromatic N) is 3. The summed E-state index contributed by atoms with van der Waals surface area (Å²) in [6.07, 6.45) is 1.90. The molecule has 0 fully saturated rings. The molecular formula is C8H15N3O2. The fraction of sp³-hybridized carbons (Fsp3) is 0.750. The van der Waals surface area contributed by atoms with Gasteiger partial charge in [0.1, 0.15) is 6.10 Å². The van der Waals surface area contributed by atoms with Crippen molar-refractivity contribution in [3.63, 3.8) is 0 Å². The summed E-state index contributed by atoms with van der Waals surface area (Å²) in [5, 5.41) is 17.2. The van der Waals surface area contributed by atoms with Gasteiger partial charge in [0.05, 0.1) is 18.5 Å². The Morgan fingerprint density at radius 1 is 1.69 bits per heavy atom. The average Bonchev–Trinajstić information content (AvgIpc) is 2.54. The molecule has 5 heteroatoms. The number of hydrogen-bond donors (Lipinski definition) is 1. The molecule has 0 aromatic carbocycles. The van der Waals surface area contributed by atoms with E-state index in [1.165, 1.54) is 0 Å². The highest BCUT2D eigenvalue weighted by molar-refractivity contribution is 4.98. The van der Waals surface area contributed by atoms with Gasteiger partial charge >= 0.3 is 0 Å². The molecule has 0 aliphatic carbocycles. The molecule has 1 aromatic heterocycles. The minimum absolute atomic E-state index is 0.275. The Labute approximate surface area is 77.3 Å². The number of aromatic nitrogens is 3. The second-order valence-corrected chi connectivity index (χ2v) is 2.85. The van der Waals surface area contributed by atoms with Gasteiger partial charge < -0.3 is 9.84 Å². The Kier molecular flexibility index (Phi) is 3.85. The first-order valence-corrected chi connectivity index (χ1v) is 4.35. The van der Waals surface area contributed by atoms with Gasteiger partial charge in [-0.25, -0.2) is 4.68 Å². The van der Waals surface area contributed by atoms with Crippen LogP contribution >= 0.6 is 0 Å². The topological polar surface area (TPSA) is 60.2 Å². The SMILES string of the molecule is CCCn1nncc1[C@@H](O)COC. The first-order valence-electron chi connectivity index (χ1n) is 4.35. The fourth-order valence-corrected chi connectivity index (χ4v) is 1.15. The van der Waals surface area contributed by atoms with E-state index in [0.717, 1.165) is 13.0 Å². The minimum atomic E-state index is -0.633. The molecule has 0 saturated carbocycles. The summed E-state index contributed by atoms with van der Waals surface area (Å²) in [7, 11) is 1.55. The molecule has 0 unspecified atom stereocenters. The third kappa shape index (κ3) is 2.50. The van der Waals surface area contributed by atoms with Crippen molar-refractivity contribution < 1.29 is 9.84 Å². The third-order valence-corrected chi connectivity index (χ3v) is 1.75.